The number of nitrogens with zero attached hydrogens (tertiary/aromatic N) is 2. The Labute approximate surface area is 152 Å². The molecule has 0 saturated carbocycles. The molecule has 1 aromatic carbocycles. The van der Waals surface area contributed by atoms with Crippen LogP contribution in [-0.4, -0.2) is 75.3 Å². The van der Waals surface area contributed by atoms with Crippen LogP contribution in [0.3, 0.4) is 0 Å². The fourth-order valence-electron chi connectivity index (χ4n) is 3.96. The van der Waals surface area contributed by atoms with Crippen LogP contribution >= 0.6 is 0 Å². The molecule has 3 saturated heterocycles. The Balaban J connectivity index is 1.54. The number of nitrogens with one attached hydrogen (secondary N) is 2. The van der Waals surface area contributed by atoms with Crippen LogP contribution in [0.4, 0.5) is 0 Å². The quantitative estimate of drug-likeness (QED) is 0.710. The molecule has 1 aromatic rings. The molecule has 3 aliphatic rings. The van der Waals surface area contributed by atoms with Gasteiger partial charge >= 0.3 is 0 Å². The molecule has 0 spiro atoms. The molecule has 140 valence electrons. The number of likely N-dealkylation sites (tertiary alicyclic amines) is 1. The largest absolute Gasteiger partial charge is 0.354 e. The highest BCUT2D eigenvalue weighted by Gasteiger charge is 2.38. The summed E-state index contributed by atoms with van der Waals surface area (Å²) >= 11 is 0. The molecule has 3 heterocycles. The van der Waals surface area contributed by atoms with Crippen molar-refractivity contribution < 1.29 is 18.0 Å². The van der Waals surface area contributed by atoms with Crippen molar-refractivity contribution in [1.29, 1.82) is 0 Å². The minimum absolute atomic E-state index is 0.0547. The average Bonchev–Trinajstić information content (AvgIpc) is 3.23. The van der Waals surface area contributed by atoms with E-state index >= 15 is 0 Å². The van der Waals surface area contributed by atoms with Gasteiger partial charge in [0.05, 0.1) is 11.4 Å². The number of carbonyl (C=O) groups is 2. The zero-order chi connectivity index (χ0) is 18.3. The molecule has 0 aromatic heterocycles. The van der Waals surface area contributed by atoms with E-state index in [1.165, 1.54) is 12.1 Å². The molecule has 0 radical (unpaired) electrons. The van der Waals surface area contributed by atoms with Crippen molar-refractivity contribution in [2.75, 3.05) is 45.8 Å². The normalized spacial score (nSPS) is 26.6. The summed E-state index contributed by atoms with van der Waals surface area (Å²) in [4.78, 5) is 26.2. The van der Waals surface area contributed by atoms with Gasteiger partial charge in [0, 0.05) is 44.8 Å². The van der Waals surface area contributed by atoms with Gasteiger partial charge < -0.3 is 15.5 Å². The van der Waals surface area contributed by atoms with Crippen LogP contribution < -0.4 is 10.6 Å². The smallest absolute Gasteiger partial charge is 0.253 e. The Bertz CT molecular complexity index is 829. The molecule has 0 bridgehead atoms. The van der Waals surface area contributed by atoms with Crippen LogP contribution in [0.25, 0.3) is 0 Å². The summed E-state index contributed by atoms with van der Waals surface area (Å²) in [6.07, 6.45) is 0. The first-order valence-corrected chi connectivity index (χ1v) is 10.3. The topological polar surface area (TPSA) is 98.8 Å². The fraction of sp³-hybridized carbons (Fsp3) is 0.529. The zero-order valence-electron chi connectivity index (χ0n) is 14.3. The maximum absolute atomic E-state index is 12.8. The van der Waals surface area contributed by atoms with Crippen LogP contribution in [0.1, 0.15) is 10.4 Å². The van der Waals surface area contributed by atoms with Crippen LogP contribution in [0.2, 0.25) is 0 Å². The SMILES string of the molecule is O=C1CN(S(=O)(=O)c2cccc(C(=O)N3C[C@H]4CNC[C@H]4C3)c2)CCN1. The second kappa shape index (κ2) is 6.64. The summed E-state index contributed by atoms with van der Waals surface area (Å²) < 4.78 is 26.8. The standard InChI is InChI=1S/C17H22N4O4S/c22-16-11-21(5-4-19-16)26(24,25)15-3-1-2-12(6-15)17(23)20-9-13-7-18-8-14(13)10-20/h1-3,6,13-14,18H,4-5,7-11H2,(H,19,22)/t13-,14+. The van der Waals surface area contributed by atoms with Crippen molar-refractivity contribution in [2.24, 2.45) is 11.8 Å². The van der Waals surface area contributed by atoms with Gasteiger partial charge in [0.2, 0.25) is 15.9 Å². The van der Waals surface area contributed by atoms with Gasteiger partial charge in [-0.3, -0.25) is 9.59 Å². The van der Waals surface area contributed by atoms with Gasteiger partial charge in [-0.05, 0) is 30.0 Å². The third-order valence-corrected chi connectivity index (χ3v) is 7.24. The molecule has 8 nitrogen and oxygen atoms in total. The molecule has 4 rings (SSSR count). The lowest BCUT2D eigenvalue weighted by molar-refractivity contribution is -0.122. The predicted molar refractivity (Wildman–Crippen MR) is 94.0 cm³/mol. The lowest BCUT2D eigenvalue weighted by Gasteiger charge is -2.26. The minimum Gasteiger partial charge on any atom is -0.354 e. The van der Waals surface area contributed by atoms with E-state index in [2.05, 4.69) is 10.6 Å². The number of piperazine rings is 1. The van der Waals surface area contributed by atoms with E-state index in [0.717, 1.165) is 17.4 Å². The number of amides is 2. The van der Waals surface area contributed by atoms with Gasteiger partial charge in [-0.25, -0.2) is 8.42 Å². The number of hydrogen-bond donors (Lipinski definition) is 2. The van der Waals surface area contributed by atoms with E-state index in [1.54, 1.807) is 12.1 Å². The number of rotatable bonds is 3. The van der Waals surface area contributed by atoms with Gasteiger partial charge in [0.1, 0.15) is 0 Å². The Morgan fingerprint density at radius 2 is 1.88 bits per heavy atom. The summed E-state index contributed by atoms with van der Waals surface area (Å²) in [5, 5.41) is 5.95. The minimum atomic E-state index is -3.80. The molecule has 0 unspecified atom stereocenters. The molecule has 3 fully saturated rings. The maximum Gasteiger partial charge on any atom is 0.253 e. The number of hydrogen-bond acceptors (Lipinski definition) is 5. The Hall–Kier alpha value is -1.97. The number of carbonyl (C=O) groups excluding carboxylic acids is 2. The van der Waals surface area contributed by atoms with Crippen molar-refractivity contribution in [2.45, 2.75) is 4.90 Å². The van der Waals surface area contributed by atoms with Crippen LogP contribution in [-0.2, 0) is 14.8 Å². The summed E-state index contributed by atoms with van der Waals surface area (Å²) in [5.74, 6) is 0.521. The van der Waals surface area contributed by atoms with Crippen LogP contribution in [0, 0.1) is 11.8 Å². The highest BCUT2D eigenvalue weighted by atomic mass is 32.2. The van der Waals surface area contributed by atoms with Crippen molar-refractivity contribution in [3.63, 3.8) is 0 Å². The molecule has 2 amide bonds. The van der Waals surface area contributed by atoms with E-state index in [4.69, 9.17) is 0 Å². The van der Waals surface area contributed by atoms with Crippen LogP contribution in [0.15, 0.2) is 29.2 Å². The zero-order valence-corrected chi connectivity index (χ0v) is 15.2. The van der Waals surface area contributed by atoms with Gasteiger partial charge in [-0.2, -0.15) is 4.31 Å². The highest BCUT2D eigenvalue weighted by Crippen LogP contribution is 2.28. The van der Waals surface area contributed by atoms with Gasteiger partial charge in [0.25, 0.3) is 5.91 Å². The molecule has 2 N–H and O–H groups in total. The number of sulfonamides is 1. The molecular weight excluding hydrogens is 356 g/mol. The maximum atomic E-state index is 12.8. The fourth-order valence-corrected chi connectivity index (χ4v) is 5.41. The monoisotopic (exact) mass is 378 g/mol. The van der Waals surface area contributed by atoms with Gasteiger partial charge in [-0.15, -0.1) is 0 Å². The van der Waals surface area contributed by atoms with Gasteiger partial charge in [0.15, 0.2) is 0 Å². The first kappa shape index (κ1) is 17.4. The van der Waals surface area contributed by atoms with E-state index < -0.39 is 10.0 Å². The Morgan fingerprint density at radius 1 is 1.15 bits per heavy atom. The summed E-state index contributed by atoms with van der Waals surface area (Å²) in [6, 6.07) is 6.14. The summed E-state index contributed by atoms with van der Waals surface area (Å²) in [6.45, 7) is 3.61. The molecule has 9 heteroatoms. The summed E-state index contributed by atoms with van der Waals surface area (Å²) in [7, 11) is -3.80. The number of fused-ring (bicyclic) bond motifs is 1. The van der Waals surface area contributed by atoms with Crippen molar-refractivity contribution >= 4 is 21.8 Å². The lowest BCUT2D eigenvalue weighted by atomic mass is 10.0. The van der Waals surface area contributed by atoms with E-state index in [0.29, 0.717) is 37.0 Å². The highest BCUT2D eigenvalue weighted by molar-refractivity contribution is 7.89. The second-order valence-electron chi connectivity index (χ2n) is 7.10. The molecule has 26 heavy (non-hydrogen) atoms. The van der Waals surface area contributed by atoms with Crippen molar-refractivity contribution in [3.8, 4) is 0 Å². The molecule has 0 aliphatic carbocycles. The van der Waals surface area contributed by atoms with Crippen molar-refractivity contribution in [3.05, 3.63) is 29.8 Å². The first-order chi connectivity index (χ1) is 12.4. The van der Waals surface area contributed by atoms with Gasteiger partial charge in [-0.1, -0.05) is 6.07 Å². The average molecular weight is 378 g/mol. The lowest BCUT2D eigenvalue weighted by Crippen LogP contribution is -2.49. The van der Waals surface area contributed by atoms with E-state index in [-0.39, 0.29) is 29.8 Å². The molecular formula is C17H22N4O4S. The molecule has 3 aliphatic heterocycles. The Morgan fingerprint density at radius 3 is 2.58 bits per heavy atom. The molecule has 2 atom stereocenters. The third-order valence-electron chi connectivity index (χ3n) is 5.40. The van der Waals surface area contributed by atoms with Crippen LogP contribution in [0.5, 0.6) is 0 Å². The van der Waals surface area contributed by atoms with E-state index in [1.807, 2.05) is 4.90 Å². The van der Waals surface area contributed by atoms with E-state index in [9.17, 15) is 18.0 Å². The predicted octanol–water partition coefficient (Wildman–Crippen LogP) is -0.901. The Kier molecular flexibility index (Phi) is 4.45. The third kappa shape index (κ3) is 3.10. The second-order valence-corrected chi connectivity index (χ2v) is 9.04. The summed E-state index contributed by atoms with van der Waals surface area (Å²) in [5.41, 5.74) is 0.375. The number of benzene rings is 1. The van der Waals surface area contributed by atoms with Crippen molar-refractivity contribution in [1.82, 2.24) is 19.8 Å². The first-order valence-electron chi connectivity index (χ1n) is 8.82.